The minimum atomic E-state index is 0.714. The summed E-state index contributed by atoms with van der Waals surface area (Å²) in [7, 11) is 0. The molecule has 1 unspecified atom stereocenters. The molecule has 2 fully saturated rings. The minimum Gasteiger partial charge on any atom is -0.494 e. The van der Waals surface area contributed by atoms with E-state index in [9.17, 15) is 0 Å². The van der Waals surface area contributed by atoms with Crippen LogP contribution in [0.5, 0.6) is 11.5 Å². The topological polar surface area (TPSA) is 30.9 Å². The molecule has 0 aromatic heterocycles. The molecule has 4 heteroatoms. The van der Waals surface area contributed by atoms with Crippen molar-refractivity contribution in [1.29, 1.82) is 0 Å². The largest absolute Gasteiger partial charge is 0.494 e. The highest BCUT2D eigenvalue weighted by Crippen LogP contribution is 2.28. The highest BCUT2D eigenvalue weighted by molar-refractivity contribution is 5.31. The zero-order valence-electron chi connectivity index (χ0n) is 14.2. The van der Waals surface area contributed by atoms with Crippen LogP contribution in [0.2, 0.25) is 0 Å². The third-order valence-electron chi connectivity index (χ3n) is 4.52. The highest BCUT2D eigenvalue weighted by atomic mass is 16.5. The zero-order chi connectivity index (χ0) is 15.9. The van der Waals surface area contributed by atoms with E-state index in [1.807, 2.05) is 24.3 Å². The Morgan fingerprint density at radius 1 is 1.04 bits per heavy atom. The molecule has 0 radical (unpaired) electrons. The van der Waals surface area contributed by atoms with Crippen molar-refractivity contribution in [3.05, 3.63) is 24.3 Å². The molecule has 4 nitrogen and oxygen atoms in total. The molecule has 0 N–H and O–H groups in total. The molecule has 128 valence electrons. The van der Waals surface area contributed by atoms with Crippen LogP contribution >= 0.6 is 0 Å². The quantitative estimate of drug-likeness (QED) is 0.662. The lowest BCUT2D eigenvalue weighted by atomic mass is 10.1. The van der Waals surface area contributed by atoms with Crippen LogP contribution in [-0.2, 0) is 4.74 Å². The smallest absolute Gasteiger partial charge is 0.119 e. The second kappa shape index (κ2) is 8.55. The molecule has 1 aliphatic heterocycles. The third kappa shape index (κ3) is 5.40. The van der Waals surface area contributed by atoms with Gasteiger partial charge in [-0.15, -0.1) is 0 Å². The summed E-state index contributed by atoms with van der Waals surface area (Å²) in [5, 5.41) is 0. The number of nitrogens with zero attached hydrogens (tertiary/aromatic N) is 1. The first-order chi connectivity index (χ1) is 11.3. The second-order valence-corrected chi connectivity index (χ2v) is 6.62. The highest BCUT2D eigenvalue weighted by Gasteiger charge is 2.31. The first kappa shape index (κ1) is 16.6. The normalized spacial score (nSPS) is 20.9. The molecule has 0 bridgehead atoms. The molecular formula is C19H29NO3. The average Bonchev–Trinajstić information content (AvgIpc) is 3.30. The van der Waals surface area contributed by atoms with E-state index in [0.29, 0.717) is 5.92 Å². The molecule has 1 aromatic carbocycles. The van der Waals surface area contributed by atoms with Crippen molar-refractivity contribution in [3.8, 4) is 11.5 Å². The van der Waals surface area contributed by atoms with Crippen LogP contribution in [0.15, 0.2) is 24.3 Å². The van der Waals surface area contributed by atoms with Gasteiger partial charge in [-0.25, -0.2) is 0 Å². The summed E-state index contributed by atoms with van der Waals surface area (Å²) < 4.78 is 17.0. The monoisotopic (exact) mass is 319 g/mol. The van der Waals surface area contributed by atoms with Crippen LogP contribution in [0, 0.1) is 5.92 Å². The van der Waals surface area contributed by atoms with Crippen LogP contribution in [0.25, 0.3) is 0 Å². The molecule has 1 heterocycles. The van der Waals surface area contributed by atoms with Crippen LogP contribution in [0.4, 0.5) is 0 Å². The van der Waals surface area contributed by atoms with Crippen molar-refractivity contribution < 1.29 is 14.2 Å². The maximum atomic E-state index is 5.91. The van der Waals surface area contributed by atoms with Crippen LogP contribution < -0.4 is 9.47 Å². The van der Waals surface area contributed by atoms with Gasteiger partial charge in [-0.1, -0.05) is 6.92 Å². The number of hydrogen-bond donors (Lipinski definition) is 0. The lowest BCUT2D eigenvalue weighted by Crippen LogP contribution is -2.35. The fourth-order valence-electron chi connectivity index (χ4n) is 3.05. The molecule has 1 atom stereocenters. The summed E-state index contributed by atoms with van der Waals surface area (Å²) in [4.78, 5) is 2.60. The van der Waals surface area contributed by atoms with Gasteiger partial charge >= 0.3 is 0 Å². The number of hydrogen-bond acceptors (Lipinski definition) is 4. The first-order valence-electron chi connectivity index (χ1n) is 9.02. The Balaban J connectivity index is 1.40. The van der Waals surface area contributed by atoms with E-state index in [0.717, 1.165) is 63.5 Å². The Morgan fingerprint density at radius 3 is 2.30 bits per heavy atom. The molecule has 23 heavy (non-hydrogen) atoms. The molecule has 1 aromatic rings. The summed E-state index contributed by atoms with van der Waals surface area (Å²) >= 11 is 0. The molecule has 3 rings (SSSR count). The molecule has 0 amide bonds. The van der Waals surface area contributed by atoms with E-state index in [-0.39, 0.29) is 0 Å². The maximum Gasteiger partial charge on any atom is 0.119 e. The number of benzene rings is 1. The van der Waals surface area contributed by atoms with Gasteiger partial charge in [0.15, 0.2) is 0 Å². The maximum absolute atomic E-state index is 5.91. The predicted octanol–water partition coefficient (Wildman–Crippen LogP) is 3.36. The van der Waals surface area contributed by atoms with Crippen molar-refractivity contribution in [2.45, 2.75) is 38.6 Å². The first-order valence-corrected chi connectivity index (χ1v) is 9.02. The van der Waals surface area contributed by atoms with Crippen molar-refractivity contribution >= 4 is 0 Å². The SMILES string of the molecule is CCCOc1ccc(OCCN(CC2CCOC2)C2CC2)cc1. The van der Waals surface area contributed by atoms with Gasteiger partial charge in [0.25, 0.3) is 0 Å². The summed E-state index contributed by atoms with van der Waals surface area (Å²) in [6, 6.07) is 8.75. The van der Waals surface area contributed by atoms with Crippen molar-refractivity contribution in [1.82, 2.24) is 4.90 Å². The second-order valence-electron chi connectivity index (χ2n) is 6.62. The number of ether oxygens (including phenoxy) is 3. The van der Waals surface area contributed by atoms with Crippen molar-refractivity contribution in [2.24, 2.45) is 5.92 Å². The van der Waals surface area contributed by atoms with Gasteiger partial charge < -0.3 is 14.2 Å². The Bertz CT molecular complexity index is 452. The lowest BCUT2D eigenvalue weighted by Gasteiger charge is -2.24. The van der Waals surface area contributed by atoms with Crippen molar-refractivity contribution in [3.63, 3.8) is 0 Å². The Hall–Kier alpha value is -1.26. The number of rotatable bonds is 10. The van der Waals surface area contributed by atoms with E-state index >= 15 is 0 Å². The van der Waals surface area contributed by atoms with Gasteiger partial charge in [0.2, 0.25) is 0 Å². The fourth-order valence-corrected chi connectivity index (χ4v) is 3.05. The van der Waals surface area contributed by atoms with Crippen molar-refractivity contribution in [2.75, 3.05) is 39.5 Å². The van der Waals surface area contributed by atoms with Crippen LogP contribution in [0.1, 0.15) is 32.6 Å². The van der Waals surface area contributed by atoms with E-state index in [1.165, 1.54) is 19.3 Å². The molecule has 0 spiro atoms. The van der Waals surface area contributed by atoms with E-state index in [2.05, 4.69) is 11.8 Å². The zero-order valence-corrected chi connectivity index (χ0v) is 14.2. The van der Waals surface area contributed by atoms with Gasteiger partial charge in [-0.3, -0.25) is 4.90 Å². The van der Waals surface area contributed by atoms with Gasteiger partial charge in [0.05, 0.1) is 13.2 Å². The Labute approximate surface area is 139 Å². The van der Waals surface area contributed by atoms with Crippen LogP contribution in [0.3, 0.4) is 0 Å². The van der Waals surface area contributed by atoms with E-state index in [1.54, 1.807) is 0 Å². The summed E-state index contributed by atoms with van der Waals surface area (Å²) in [5.41, 5.74) is 0. The molecule has 1 saturated carbocycles. The molecular weight excluding hydrogens is 290 g/mol. The molecule has 1 saturated heterocycles. The van der Waals surface area contributed by atoms with Gasteiger partial charge in [-0.2, -0.15) is 0 Å². The fraction of sp³-hybridized carbons (Fsp3) is 0.684. The van der Waals surface area contributed by atoms with E-state index in [4.69, 9.17) is 14.2 Å². The molecule has 2 aliphatic rings. The summed E-state index contributed by atoms with van der Waals surface area (Å²) in [5.74, 6) is 2.56. The van der Waals surface area contributed by atoms with Gasteiger partial charge in [0, 0.05) is 25.7 Å². The Kier molecular flexibility index (Phi) is 6.17. The standard InChI is InChI=1S/C19H29NO3/c1-2-11-22-18-5-7-19(8-6-18)23-13-10-20(17-3-4-17)14-16-9-12-21-15-16/h5-8,16-17H,2-4,9-15H2,1H3. The minimum absolute atomic E-state index is 0.714. The average molecular weight is 319 g/mol. The predicted molar refractivity (Wildman–Crippen MR) is 91.2 cm³/mol. The van der Waals surface area contributed by atoms with Gasteiger partial charge in [-0.05, 0) is 55.9 Å². The Morgan fingerprint density at radius 2 is 1.74 bits per heavy atom. The third-order valence-corrected chi connectivity index (χ3v) is 4.52. The van der Waals surface area contributed by atoms with E-state index < -0.39 is 0 Å². The van der Waals surface area contributed by atoms with Crippen LogP contribution in [-0.4, -0.2) is 50.5 Å². The lowest BCUT2D eigenvalue weighted by molar-refractivity contribution is 0.151. The summed E-state index contributed by atoms with van der Waals surface area (Å²) in [6.07, 6.45) is 4.93. The van der Waals surface area contributed by atoms with Gasteiger partial charge in [0.1, 0.15) is 18.1 Å². The molecule has 1 aliphatic carbocycles. The summed E-state index contributed by atoms with van der Waals surface area (Å²) in [6.45, 7) is 7.67.